The van der Waals surface area contributed by atoms with Gasteiger partial charge in [-0.2, -0.15) is 13.2 Å². The lowest BCUT2D eigenvalue weighted by Crippen LogP contribution is -2.29. The van der Waals surface area contributed by atoms with Crippen molar-refractivity contribution in [3.63, 3.8) is 0 Å². The molecule has 0 aliphatic carbocycles. The molecule has 1 aromatic heterocycles. The molecular formula is C28H26F3N3O3S. The molecule has 0 bridgehead atoms. The summed E-state index contributed by atoms with van der Waals surface area (Å²) in [6, 6.07) is 18.2. The SMILES string of the molecule is Cc1cccc(Cn2c(C(=O)N3CCCC3)cc3cc(NS(=O)(=O)c4cccc(C(F)(F)F)c4)ccc32)c1. The number of aryl methyl sites for hydroxylation is 1. The van der Waals surface area contributed by atoms with Crippen LogP contribution in [0, 0.1) is 6.92 Å². The van der Waals surface area contributed by atoms with Crippen molar-refractivity contribution in [3.8, 4) is 0 Å². The molecule has 0 saturated carbocycles. The van der Waals surface area contributed by atoms with Crippen molar-refractivity contribution < 1.29 is 26.4 Å². The van der Waals surface area contributed by atoms with Crippen LogP contribution in [0.1, 0.15) is 40.0 Å². The Morgan fingerprint density at radius 3 is 2.39 bits per heavy atom. The van der Waals surface area contributed by atoms with Crippen LogP contribution < -0.4 is 4.72 Å². The van der Waals surface area contributed by atoms with Gasteiger partial charge < -0.3 is 9.47 Å². The van der Waals surface area contributed by atoms with E-state index >= 15 is 0 Å². The van der Waals surface area contributed by atoms with Crippen molar-refractivity contribution in [1.29, 1.82) is 0 Å². The predicted octanol–water partition coefficient (Wildman–Crippen LogP) is 6.05. The van der Waals surface area contributed by atoms with E-state index in [1.807, 2.05) is 40.7 Å². The molecule has 1 N–H and O–H groups in total. The molecule has 5 rings (SSSR count). The van der Waals surface area contributed by atoms with Crippen LogP contribution in [0.4, 0.5) is 18.9 Å². The summed E-state index contributed by atoms with van der Waals surface area (Å²) in [7, 11) is -4.28. The second kappa shape index (κ2) is 9.83. The average Bonchev–Trinajstić information content (AvgIpc) is 3.52. The lowest BCUT2D eigenvalue weighted by Gasteiger charge is -2.17. The highest BCUT2D eigenvalue weighted by Gasteiger charge is 2.32. The number of hydrogen-bond acceptors (Lipinski definition) is 3. The van der Waals surface area contributed by atoms with Gasteiger partial charge in [0.15, 0.2) is 0 Å². The number of benzene rings is 3. The van der Waals surface area contributed by atoms with Gasteiger partial charge in [0.1, 0.15) is 5.69 Å². The highest BCUT2D eigenvalue weighted by atomic mass is 32.2. The number of amides is 1. The van der Waals surface area contributed by atoms with Crippen LogP contribution in [0.5, 0.6) is 0 Å². The number of aromatic nitrogens is 1. The summed E-state index contributed by atoms with van der Waals surface area (Å²) in [6.45, 7) is 3.82. The van der Waals surface area contributed by atoms with Gasteiger partial charge in [0.05, 0.1) is 10.5 Å². The number of halogens is 3. The Bertz CT molecular complexity index is 1620. The van der Waals surface area contributed by atoms with Crippen molar-refractivity contribution in [2.45, 2.75) is 37.4 Å². The second-order valence-corrected chi connectivity index (χ2v) is 11.2. The number of anilines is 1. The first-order valence-electron chi connectivity index (χ1n) is 12.2. The van der Waals surface area contributed by atoms with Crippen molar-refractivity contribution in [2.75, 3.05) is 17.8 Å². The summed E-state index contributed by atoms with van der Waals surface area (Å²) in [5.74, 6) is -0.0857. The topological polar surface area (TPSA) is 71.4 Å². The molecule has 1 saturated heterocycles. The maximum atomic E-state index is 13.4. The van der Waals surface area contributed by atoms with Gasteiger partial charge >= 0.3 is 6.18 Å². The number of nitrogens with zero attached hydrogens (tertiary/aromatic N) is 2. The lowest BCUT2D eigenvalue weighted by atomic mass is 10.1. The quantitative estimate of drug-likeness (QED) is 0.323. The lowest BCUT2D eigenvalue weighted by molar-refractivity contribution is -0.137. The molecule has 4 aromatic rings. The summed E-state index contributed by atoms with van der Waals surface area (Å²) in [5, 5.41) is 0.643. The van der Waals surface area contributed by atoms with Crippen LogP contribution in [0.2, 0.25) is 0 Å². The number of likely N-dealkylation sites (tertiary alicyclic amines) is 1. The number of carbonyl (C=O) groups excluding carboxylic acids is 1. The van der Waals surface area contributed by atoms with Crippen LogP contribution in [0.3, 0.4) is 0 Å². The van der Waals surface area contributed by atoms with Gasteiger partial charge in [0.25, 0.3) is 15.9 Å². The molecule has 1 amide bonds. The molecule has 0 radical (unpaired) electrons. The van der Waals surface area contributed by atoms with Crippen LogP contribution in [-0.2, 0) is 22.7 Å². The average molecular weight is 542 g/mol. The van der Waals surface area contributed by atoms with Gasteiger partial charge in [-0.15, -0.1) is 0 Å². The maximum Gasteiger partial charge on any atom is 0.416 e. The first kappa shape index (κ1) is 25.8. The molecule has 198 valence electrons. The van der Waals surface area contributed by atoms with Gasteiger partial charge in [0.2, 0.25) is 0 Å². The van der Waals surface area contributed by atoms with Gasteiger partial charge in [0, 0.05) is 36.2 Å². The van der Waals surface area contributed by atoms with E-state index in [4.69, 9.17) is 0 Å². The van der Waals surface area contributed by atoms with Crippen LogP contribution >= 0.6 is 0 Å². The van der Waals surface area contributed by atoms with Crippen molar-refractivity contribution in [1.82, 2.24) is 9.47 Å². The third kappa shape index (κ3) is 5.26. The number of sulfonamides is 1. The molecule has 2 heterocycles. The second-order valence-electron chi connectivity index (χ2n) is 9.51. The third-order valence-corrected chi connectivity index (χ3v) is 8.04. The number of rotatable bonds is 6. The Morgan fingerprint density at radius 2 is 1.68 bits per heavy atom. The zero-order chi connectivity index (χ0) is 27.1. The third-order valence-electron chi connectivity index (χ3n) is 6.66. The molecule has 38 heavy (non-hydrogen) atoms. The van der Waals surface area contributed by atoms with Crippen molar-refractivity contribution in [2.24, 2.45) is 0 Å². The summed E-state index contributed by atoms with van der Waals surface area (Å²) < 4.78 is 69.4. The van der Waals surface area contributed by atoms with Crippen LogP contribution in [0.15, 0.2) is 77.7 Å². The van der Waals surface area contributed by atoms with E-state index < -0.39 is 26.7 Å². The molecule has 3 aromatic carbocycles. The minimum atomic E-state index is -4.66. The maximum absolute atomic E-state index is 13.4. The monoisotopic (exact) mass is 541 g/mol. The molecule has 1 aliphatic rings. The van der Waals surface area contributed by atoms with Crippen LogP contribution in [0.25, 0.3) is 10.9 Å². The summed E-state index contributed by atoms with van der Waals surface area (Å²) in [6.07, 6.45) is -2.76. The highest BCUT2D eigenvalue weighted by Crippen LogP contribution is 2.32. The minimum Gasteiger partial charge on any atom is -0.337 e. The van der Waals surface area contributed by atoms with Gasteiger partial charge in [-0.05, 0) is 67.8 Å². The first-order valence-corrected chi connectivity index (χ1v) is 13.7. The number of fused-ring (bicyclic) bond motifs is 1. The van der Waals surface area contributed by atoms with E-state index in [0.717, 1.165) is 47.7 Å². The Kier molecular flexibility index (Phi) is 6.68. The first-order chi connectivity index (χ1) is 18.0. The van der Waals surface area contributed by atoms with Gasteiger partial charge in [-0.25, -0.2) is 8.42 Å². The molecule has 0 unspecified atom stereocenters. The molecular weight excluding hydrogens is 515 g/mol. The van der Waals surface area contributed by atoms with E-state index in [-0.39, 0.29) is 11.6 Å². The highest BCUT2D eigenvalue weighted by molar-refractivity contribution is 7.92. The Morgan fingerprint density at radius 1 is 0.947 bits per heavy atom. The normalized spacial score (nSPS) is 14.3. The number of carbonyl (C=O) groups is 1. The molecule has 1 aliphatic heterocycles. The van der Waals surface area contributed by atoms with Gasteiger partial charge in [-0.3, -0.25) is 9.52 Å². The van der Waals surface area contributed by atoms with Crippen LogP contribution in [-0.4, -0.2) is 36.9 Å². The van der Waals surface area contributed by atoms with Crippen molar-refractivity contribution in [3.05, 3.63) is 95.2 Å². The molecule has 6 nitrogen and oxygen atoms in total. The molecule has 1 fully saturated rings. The number of hydrogen-bond donors (Lipinski definition) is 1. The molecule has 0 atom stereocenters. The summed E-state index contributed by atoms with van der Waals surface area (Å²) >= 11 is 0. The predicted molar refractivity (Wildman–Crippen MR) is 140 cm³/mol. The summed E-state index contributed by atoms with van der Waals surface area (Å²) in [4.78, 5) is 14.7. The fourth-order valence-electron chi connectivity index (χ4n) is 4.81. The molecule has 0 spiro atoms. The van der Waals surface area contributed by atoms with E-state index in [1.165, 1.54) is 0 Å². The summed E-state index contributed by atoms with van der Waals surface area (Å²) in [5.41, 5.74) is 2.50. The Hall–Kier alpha value is -3.79. The fourth-order valence-corrected chi connectivity index (χ4v) is 5.91. The Labute approximate surface area is 218 Å². The van der Waals surface area contributed by atoms with Gasteiger partial charge in [-0.1, -0.05) is 35.9 Å². The van der Waals surface area contributed by atoms with E-state index in [1.54, 1.807) is 24.3 Å². The largest absolute Gasteiger partial charge is 0.416 e. The molecule has 10 heteroatoms. The number of alkyl halides is 3. The standard InChI is InChI=1S/C28H26F3N3O3S/c1-19-6-4-7-20(14-19)18-34-25-11-10-23(15-21(25)16-26(34)27(35)33-12-2-3-13-33)32-38(36,37)24-9-5-8-22(17-24)28(29,30)31/h4-11,14-17,32H,2-3,12-13,18H2,1H3. The zero-order valence-electron chi connectivity index (χ0n) is 20.6. The minimum absolute atomic E-state index is 0.0857. The van der Waals surface area contributed by atoms with Crippen molar-refractivity contribution >= 4 is 32.5 Å². The number of nitrogens with one attached hydrogen (secondary N) is 1. The van der Waals surface area contributed by atoms with E-state index in [0.29, 0.717) is 36.8 Å². The Balaban J connectivity index is 1.52. The van der Waals surface area contributed by atoms with E-state index in [2.05, 4.69) is 4.72 Å². The smallest absolute Gasteiger partial charge is 0.337 e. The fraction of sp³-hybridized carbons (Fsp3) is 0.250. The zero-order valence-corrected chi connectivity index (χ0v) is 21.4. The van der Waals surface area contributed by atoms with E-state index in [9.17, 15) is 26.4 Å².